The van der Waals surface area contributed by atoms with Gasteiger partial charge in [-0.2, -0.15) is 4.98 Å². The first-order valence-corrected chi connectivity index (χ1v) is 8.34. The highest BCUT2D eigenvalue weighted by molar-refractivity contribution is 5.77. The van der Waals surface area contributed by atoms with Gasteiger partial charge in [-0.25, -0.2) is 0 Å². The normalized spacial score (nSPS) is 19.9. The number of pyridine rings is 1. The Hall–Kier alpha value is -1.55. The maximum Gasteiger partial charge on any atom is 0.219 e. The number of rotatable bonds is 4. The fourth-order valence-electron chi connectivity index (χ4n) is 3.29. The molecule has 1 fully saturated rings. The number of fused-ring (bicyclic) bond motifs is 1. The van der Waals surface area contributed by atoms with Gasteiger partial charge < -0.3 is 9.72 Å². The predicted octanol–water partition coefficient (Wildman–Crippen LogP) is 3.72. The van der Waals surface area contributed by atoms with Crippen molar-refractivity contribution in [3.05, 3.63) is 23.9 Å². The molecule has 120 valence electrons. The lowest BCUT2D eigenvalue weighted by molar-refractivity contribution is 0.173. The monoisotopic (exact) mass is 301 g/mol. The van der Waals surface area contributed by atoms with Crippen molar-refractivity contribution in [1.29, 1.82) is 0 Å². The molecule has 4 nitrogen and oxygen atoms in total. The van der Waals surface area contributed by atoms with Crippen molar-refractivity contribution in [3.63, 3.8) is 0 Å². The van der Waals surface area contributed by atoms with E-state index in [4.69, 9.17) is 9.72 Å². The second-order valence-electron chi connectivity index (χ2n) is 7.24. The second kappa shape index (κ2) is 5.92. The molecule has 2 aromatic rings. The number of likely N-dealkylation sites (N-methyl/N-ethyl adjacent to an activating group) is 1. The third-order valence-electron chi connectivity index (χ3n) is 4.63. The summed E-state index contributed by atoms with van der Waals surface area (Å²) in [5, 5.41) is 1.15. The standard InChI is InChI=1S/C18H27N3O/c1-5-21-10-6-7-14(21)12-22-17-15(18(2,3)4)11-13-8-9-19-16(13)20-17/h8-9,11,14H,5-7,10,12H2,1-4H3,(H,19,20). The highest BCUT2D eigenvalue weighted by Gasteiger charge is 2.26. The first kappa shape index (κ1) is 15.3. The minimum Gasteiger partial charge on any atom is -0.476 e. The SMILES string of the molecule is CCN1CCCC1COc1nc2[nH]ccc2cc1C(C)(C)C. The molecule has 4 heteroatoms. The molecule has 1 N–H and O–H groups in total. The van der Waals surface area contributed by atoms with Gasteiger partial charge in [-0.15, -0.1) is 0 Å². The van der Waals surface area contributed by atoms with E-state index in [2.05, 4.69) is 49.7 Å². The average Bonchev–Trinajstić information content (AvgIpc) is 3.10. The summed E-state index contributed by atoms with van der Waals surface area (Å²) in [5.74, 6) is 0.783. The summed E-state index contributed by atoms with van der Waals surface area (Å²) < 4.78 is 6.18. The number of ether oxygens (including phenoxy) is 1. The Kier molecular flexibility index (Phi) is 4.13. The Balaban J connectivity index is 1.85. The summed E-state index contributed by atoms with van der Waals surface area (Å²) in [6.45, 7) is 11.9. The molecular weight excluding hydrogens is 274 g/mol. The number of hydrogen-bond acceptors (Lipinski definition) is 3. The zero-order valence-corrected chi connectivity index (χ0v) is 14.1. The van der Waals surface area contributed by atoms with Gasteiger partial charge in [0, 0.05) is 23.2 Å². The molecule has 1 aliphatic heterocycles. The van der Waals surface area contributed by atoms with Crippen LogP contribution in [0.2, 0.25) is 0 Å². The third-order valence-corrected chi connectivity index (χ3v) is 4.63. The molecule has 0 bridgehead atoms. The molecule has 0 spiro atoms. The smallest absolute Gasteiger partial charge is 0.219 e. The number of nitrogens with zero attached hydrogens (tertiary/aromatic N) is 2. The number of H-pyrrole nitrogens is 1. The molecule has 1 unspecified atom stereocenters. The minimum absolute atomic E-state index is 0.0217. The summed E-state index contributed by atoms with van der Waals surface area (Å²) in [4.78, 5) is 10.4. The summed E-state index contributed by atoms with van der Waals surface area (Å²) in [6, 6.07) is 4.80. The van der Waals surface area contributed by atoms with E-state index in [1.54, 1.807) is 0 Å². The zero-order valence-electron chi connectivity index (χ0n) is 14.1. The summed E-state index contributed by atoms with van der Waals surface area (Å²) in [5.41, 5.74) is 2.11. The van der Waals surface area contributed by atoms with Gasteiger partial charge in [0.2, 0.25) is 5.88 Å². The molecule has 0 aliphatic carbocycles. The van der Waals surface area contributed by atoms with E-state index in [0.717, 1.165) is 30.1 Å². The van der Waals surface area contributed by atoms with E-state index in [-0.39, 0.29) is 5.41 Å². The number of aromatic amines is 1. The molecule has 1 atom stereocenters. The van der Waals surface area contributed by atoms with Crippen LogP contribution >= 0.6 is 0 Å². The van der Waals surface area contributed by atoms with Gasteiger partial charge in [-0.1, -0.05) is 27.7 Å². The van der Waals surface area contributed by atoms with E-state index in [0.29, 0.717) is 6.04 Å². The van der Waals surface area contributed by atoms with E-state index < -0.39 is 0 Å². The number of likely N-dealkylation sites (tertiary alicyclic amines) is 1. The Labute approximate surface area is 132 Å². The second-order valence-corrected chi connectivity index (χ2v) is 7.24. The third kappa shape index (κ3) is 2.98. The van der Waals surface area contributed by atoms with Crippen molar-refractivity contribution in [1.82, 2.24) is 14.9 Å². The molecule has 22 heavy (non-hydrogen) atoms. The largest absolute Gasteiger partial charge is 0.476 e. The van der Waals surface area contributed by atoms with Crippen LogP contribution in [0.5, 0.6) is 5.88 Å². The minimum atomic E-state index is 0.0217. The predicted molar refractivity (Wildman–Crippen MR) is 90.6 cm³/mol. The first-order valence-electron chi connectivity index (χ1n) is 8.34. The summed E-state index contributed by atoms with van der Waals surface area (Å²) >= 11 is 0. The van der Waals surface area contributed by atoms with Crippen LogP contribution < -0.4 is 4.74 Å². The van der Waals surface area contributed by atoms with Crippen molar-refractivity contribution in [2.75, 3.05) is 19.7 Å². The number of aromatic nitrogens is 2. The fraction of sp³-hybridized carbons (Fsp3) is 0.611. The van der Waals surface area contributed by atoms with Gasteiger partial charge in [-0.3, -0.25) is 4.90 Å². The fourth-order valence-corrected chi connectivity index (χ4v) is 3.29. The molecule has 0 aromatic carbocycles. The topological polar surface area (TPSA) is 41.1 Å². The highest BCUT2D eigenvalue weighted by atomic mass is 16.5. The first-order chi connectivity index (χ1) is 10.5. The van der Waals surface area contributed by atoms with Crippen molar-refractivity contribution in [2.24, 2.45) is 0 Å². The van der Waals surface area contributed by atoms with E-state index in [9.17, 15) is 0 Å². The molecule has 0 radical (unpaired) electrons. The molecule has 2 aromatic heterocycles. The lowest BCUT2D eigenvalue weighted by atomic mass is 9.87. The van der Waals surface area contributed by atoms with Crippen molar-refractivity contribution in [2.45, 2.75) is 52.0 Å². The van der Waals surface area contributed by atoms with Crippen molar-refractivity contribution in [3.8, 4) is 5.88 Å². The lowest BCUT2D eigenvalue weighted by Gasteiger charge is -2.25. The van der Waals surface area contributed by atoms with Gasteiger partial charge in [0.1, 0.15) is 12.3 Å². The Bertz CT molecular complexity index is 641. The molecular formula is C18H27N3O. The molecule has 0 saturated carbocycles. The van der Waals surface area contributed by atoms with Gasteiger partial charge >= 0.3 is 0 Å². The van der Waals surface area contributed by atoms with E-state index in [1.165, 1.54) is 24.9 Å². The average molecular weight is 301 g/mol. The Morgan fingerprint density at radius 2 is 2.23 bits per heavy atom. The maximum absolute atomic E-state index is 6.18. The Morgan fingerprint density at radius 1 is 1.41 bits per heavy atom. The van der Waals surface area contributed by atoms with E-state index in [1.807, 2.05) is 6.20 Å². The van der Waals surface area contributed by atoms with Gasteiger partial charge in [0.15, 0.2) is 0 Å². The molecule has 3 rings (SSSR count). The van der Waals surface area contributed by atoms with Crippen LogP contribution in [0.15, 0.2) is 18.3 Å². The zero-order chi connectivity index (χ0) is 15.7. The summed E-state index contributed by atoms with van der Waals surface area (Å²) in [7, 11) is 0. The van der Waals surface area contributed by atoms with Gasteiger partial charge in [-0.05, 0) is 43.5 Å². The van der Waals surface area contributed by atoms with Crippen molar-refractivity contribution < 1.29 is 4.74 Å². The van der Waals surface area contributed by atoms with Crippen LogP contribution in [0.25, 0.3) is 11.0 Å². The number of hydrogen-bond donors (Lipinski definition) is 1. The Morgan fingerprint density at radius 3 is 2.95 bits per heavy atom. The molecule has 0 amide bonds. The van der Waals surface area contributed by atoms with Crippen LogP contribution in [0.4, 0.5) is 0 Å². The molecule has 3 heterocycles. The summed E-state index contributed by atoms with van der Waals surface area (Å²) in [6.07, 6.45) is 4.43. The molecule has 1 saturated heterocycles. The highest BCUT2D eigenvalue weighted by Crippen LogP contribution is 2.33. The van der Waals surface area contributed by atoms with Gasteiger partial charge in [0.25, 0.3) is 0 Å². The van der Waals surface area contributed by atoms with Gasteiger partial charge in [0.05, 0.1) is 0 Å². The maximum atomic E-state index is 6.18. The lowest BCUT2D eigenvalue weighted by Crippen LogP contribution is -2.34. The van der Waals surface area contributed by atoms with Crippen LogP contribution in [0.1, 0.15) is 46.1 Å². The van der Waals surface area contributed by atoms with Crippen LogP contribution in [-0.4, -0.2) is 40.6 Å². The molecule has 1 aliphatic rings. The van der Waals surface area contributed by atoms with Crippen LogP contribution in [0.3, 0.4) is 0 Å². The van der Waals surface area contributed by atoms with Crippen molar-refractivity contribution >= 4 is 11.0 Å². The quantitative estimate of drug-likeness (QED) is 0.935. The number of nitrogens with one attached hydrogen (secondary N) is 1. The van der Waals surface area contributed by atoms with Crippen LogP contribution in [-0.2, 0) is 5.41 Å². The van der Waals surface area contributed by atoms with Crippen LogP contribution in [0, 0.1) is 0 Å². The van der Waals surface area contributed by atoms with E-state index >= 15 is 0 Å².